The van der Waals surface area contributed by atoms with Gasteiger partial charge in [-0.25, -0.2) is 0 Å². The van der Waals surface area contributed by atoms with Crippen LogP contribution in [0.15, 0.2) is 36.4 Å². The van der Waals surface area contributed by atoms with Gasteiger partial charge in [-0.15, -0.1) is 0 Å². The lowest BCUT2D eigenvalue weighted by atomic mass is 10.0. The molecule has 20 heavy (non-hydrogen) atoms. The minimum Gasteiger partial charge on any atom is -0.508 e. The Balaban J connectivity index is 2.23. The number of rotatable bonds is 5. The van der Waals surface area contributed by atoms with E-state index in [1.165, 1.54) is 0 Å². The molecular formula is C16H17ClO3. The van der Waals surface area contributed by atoms with Gasteiger partial charge in [-0.1, -0.05) is 23.7 Å². The van der Waals surface area contributed by atoms with Crippen LogP contribution in [-0.4, -0.2) is 23.9 Å². The number of aliphatic hydroxyl groups excluding tert-OH is 1. The number of ether oxygens (including phenoxy) is 1. The fraction of sp³-hybridized carbons (Fsp3) is 0.250. The molecule has 106 valence electrons. The molecule has 0 radical (unpaired) electrons. The highest BCUT2D eigenvalue weighted by Crippen LogP contribution is 2.30. The van der Waals surface area contributed by atoms with Crippen molar-refractivity contribution >= 4 is 11.6 Å². The Morgan fingerprint density at radius 2 is 1.80 bits per heavy atom. The van der Waals surface area contributed by atoms with Crippen LogP contribution in [0.2, 0.25) is 5.02 Å². The number of aromatic hydroxyl groups is 1. The average Bonchev–Trinajstić information content (AvgIpc) is 2.44. The van der Waals surface area contributed by atoms with Crippen molar-refractivity contribution in [1.29, 1.82) is 0 Å². The summed E-state index contributed by atoms with van der Waals surface area (Å²) in [5.74, 6) is 0.958. The summed E-state index contributed by atoms with van der Waals surface area (Å²) >= 11 is 6.21. The topological polar surface area (TPSA) is 49.7 Å². The lowest BCUT2D eigenvalue weighted by Gasteiger charge is -2.10. The minimum atomic E-state index is 0.0353. The zero-order chi connectivity index (χ0) is 14.5. The normalized spacial score (nSPS) is 10.6. The SMILES string of the molecule is COc1ccc(Cc2c(O)cc(CCO)cc2Cl)cc1. The molecule has 0 spiro atoms. The van der Waals surface area contributed by atoms with Crippen LogP contribution in [0.1, 0.15) is 16.7 Å². The Hall–Kier alpha value is -1.71. The van der Waals surface area contributed by atoms with Gasteiger partial charge in [0, 0.05) is 23.6 Å². The van der Waals surface area contributed by atoms with E-state index >= 15 is 0 Å². The third kappa shape index (κ3) is 3.44. The number of halogens is 1. The molecule has 3 nitrogen and oxygen atoms in total. The number of methoxy groups -OCH3 is 1. The lowest BCUT2D eigenvalue weighted by Crippen LogP contribution is -1.95. The standard InChI is InChI=1S/C16H17ClO3/c1-20-13-4-2-11(3-5-13)8-14-15(17)9-12(6-7-18)10-16(14)19/h2-5,9-10,18-19H,6-8H2,1H3. The molecule has 0 heterocycles. The van der Waals surface area contributed by atoms with E-state index in [0.717, 1.165) is 16.9 Å². The molecule has 4 heteroatoms. The van der Waals surface area contributed by atoms with E-state index in [9.17, 15) is 5.11 Å². The molecule has 2 aromatic rings. The molecule has 0 atom stereocenters. The third-order valence-corrected chi connectivity index (χ3v) is 3.51. The highest BCUT2D eigenvalue weighted by molar-refractivity contribution is 6.31. The summed E-state index contributed by atoms with van der Waals surface area (Å²) in [6.45, 7) is 0.0353. The number of hydrogen-bond acceptors (Lipinski definition) is 3. The molecule has 2 rings (SSSR count). The van der Waals surface area contributed by atoms with E-state index in [4.69, 9.17) is 21.4 Å². The zero-order valence-electron chi connectivity index (χ0n) is 11.3. The van der Waals surface area contributed by atoms with Gasteiger partial charge in [-0.05, 0) is 41.8 Å². The van der Waals surface area contributed by atoms with Crippen LogP contribution in [0.25, 0.3) is 0 Å². The number of hydrogen-bond donors (Lipinski definition) is 2. The van der Waals surface area contributed by atoms with E-state index < -0.39 is 0 Å². The first kappa shape index (κ1) is 14.7. The van der Waals surface area contributed by atoms with Gasteiger partial charge in [0.2, 0.25) is 0 Å². The average molecular weight is 293 g/mol. The second-order valence-corrected chi connectivity index (χ2v) is 4.98. The summed E-state index contributed by atoms with van der Waals surface area (Å²) in [6.07, 6.45) is 1.03. The van der Waals surface area contributed by atoms with E-state index in [-0.39, 0.29) is 12.4 Å². The van der Waals surface area contributed by atoms with Crippen molar-refractivity contribution < 1.29 is 14.9 Å². The summed E-state index contributed by atoms with van der Waals surface area (Å²) in [7, 11) is 1.62. The van der Waals surface area contributed by atoms with Crippen molar-refractivity contribution in [2.45, 2.75) is 12.8 Å². The van der Waals surface area contributed by atoms with Gasteiger partial charge in [-0.2, -0.15) is 0 Å². The molecule has 0 aliphatic carbocycles. The summed E-state index contributed by atoms with van der Waals surface area (Å²) in [4.78, 5) is 0. The Morgan fingerprint density at radius 1 is 1.10 bits per heavy atom. The Morgan fingerprint density at radius 3 is 2.35 bits per heavy atom. The number of phenols is 1. The van der Waals surface area contributed by atoms with Crippen LogP contribution in [0.5, 0.6) is 11.5 Å². The Labute approximate surface area is 123 Å². The van der Waals surface area contributed by atoms with Crippen LogP contribution in [0.4, 0.5) is 0 Å². The van der Waals surface area contributed by atoms with E-state index in [0.29, 0.717) is 23.4 Å². The summed E-state index contributed by atoms with van der Waals surface area (Å²) in [6, 6.07) is 11.1. The first-order valence-corrected chi connectivity index (χ1v) is 6.76. The van der Waals surface area contributed by atoms with Gasteiger partial charge in [0.15, 0.2) is 0 Å². The van der Waals surface area contributed by atoms with Crippen molar-refractivity contribution in [2.75, 3.05) is 13.7 Å². The van der Waals surface area contributed by atoms with Crippen molar-refractivity contribution in [2.24, 2.45) is 0 Å². The Kier molecular flexibility index (Phi) is 4.88. The maximum atomic E-state index is 10.1. The molecule has 2 aromatic carbocycles. The van der Waals surface area contributed by atoms with Crippen LogP contribution in [-0.2, 0) is 12.8 Å². The van der Waals surface area contributed by atoms with Gasteiger partial charge in [0.05, 0.1) is 7.11 Å². The monoisotopic (exact) mass is 292 g/mol. The van der Waals surface area contributed by atoms with Gasteiger partial charge < -0.3 is 14.9 Å². The minimum absolute atomic E-state index is 0.0353. The fourth-order valence-corrected chi connectivity index (χ4v) is 2.38. The molecule has 0 aliphatic heterocycles. The van der Waals surface area contributed by atoms with Crippen LogP contribution in [0, 0.1) is 0 Å². The molecular weight excluding hydrogens is 276 g/mol. The van der Waals surface area contributed by atoms with Gasteiger partial charge in [0.25, 0.3) is 0 Å². The fourth-order valence-electron chi connectivity index (χ4n) is 2.07. The van der Waals surface area contributed by atoms with Crippen molar-refractivity contribution in [3.63, 3.8) is 0 Å². The summed E-state index contributed by atoms with van der Waals surface area (Å²) in [5.41, 5.74) is 2.56. The largest absolute Gasteiger partial charge is 0.508 e. The van der Waals surface area contributed by atoms with Gasteiger partial charge >= 0.3 is 0 Å². The quantitative estimate of drug-likeness (QED) is 0.890. The predicted octanol–water partition coefficient (Wildman–Crippen LogP) is 3.18. The molecule has 0 saturated carbocycles. The molecule has 0 bridgehead atoms. The summed E-state index contributed by atoms with van der Waals surface area (Å²) in [5, 5.41) is 19.5. The van der Waals surface area contributed by atoms with Crippen LogP contribution in [0.3, 0.4) is 0 Å². The molecule has 0 saturated heterocycles. The first-order valence-electron chi connectivity index (χ1n) is 6.38. The number of phenolic OH excluding ortho intramolecular Hbond substituents is 1. The molecule has 2 N–H and O–H groups in total. The second-order valence-electron chi connectivity index (χ2n) is 4.57. The molecule has 0 fully saturated rings. The van der Waals surface area contributed by atoms with Crippen molar-refractivity contribution in [1.82, 2.24) is 0 Å². The van der Waals surface area contributed by atoms with Gasteiger partial charge in [0.1, 0.15) is 11.5 Å². The van der Waals surface area contributed by atoms with Crippen molar-refractivity contribution in [3.8, 4) is 11.5 Å². The number of benzene rings is 2. The van der Waals surface area contributed by atoms with E-state index in [1.54, 1.807) is 19.2 Å². The smallest absolute Gasteiger partial charge is 0.120 e. The number of aliphatic hydroxyl groups is 1. The molecule has 0 aromatic heterocycles. The van der Waals surface area contributed by atoms with Crippen molar-refractivity contribution in [3.05, 3.63) is 58.1 Å². The van der Waals surface area contributed by atoms with E-state index in [2.05, 4.69) is 0 Å². The molecule has 0 aliphatic rings. The second kappa shape index (κ2) is 6.64. The summed E-state index contributed by atoms with van der Waals surface area (Å²) < 4.78 is 5.11. The maximum Gasteiger partial charge on any atom is 0.120 e. The highest BCUT2D eigenvalue weighted by atomic mass is 35.5. The molecule has 0 amide bonds. The van der Waals surface area contributed by atoms with Crippen LogP contribution < -0.4 is 4.74 Å². The zero-order valence-corrected chi connectivity index (χ0v) is 12.0. The van der Waals surface area contributed by atoms with Gasteiger partial charge in [-0.3, -0.25) is 0 Å². The lowest BCUT2D eigenvalue weighted by molar-refractivity contribution is 0.299. The highest BCUT2D eigenvalue weighted by Gasteiger charge is 2.10. The maximum absolute atomic E-state index is 10.1. The van der Waals surface area contributed by atoms with E-state index in [1.807, 2.05) is 24.3 Å². The Bertz CT molecular complexity index is 556. The first-order chi connectivity index (χ1) is 9.63. The third-order valence-electron chi connectivity index (χ3n) is 3.17. The predicted molar refractivity (Wildman–Crippen MR) is 79.7 cm³/mol. The van der Waals surface area contributed by atoms with Crippen LogP contribution >= 0.6 is 11.6 Å². The molecule has 0 unspecified atom stereocenters.